The fraction of sp³-hybridized carbons (Fsp3) is 0.158. The van der Waals surface area contributed by atoms with E-state index in [4.69, 9.17) is 11.6 Å². The number of aryl methyl sites for hydroxylation is 2. The minimum atomic E-state index is -0.326. The number of hydrogen-bond acceptors (Lipinski definition) is 3. The third-order valence-corrected chi connectivity index (χ3v) is 4.64. The van der Waals surface area contributed by atoms with Gasteiger partial charge in [0.2, 0.25) is 0 Å². The third-order valence-electron chi connectivity index (χ3n) is 4.23. The maximum atomic E-state index is 12.4. The van der Waals surface area contributed by atoms with Gasteiger partial charge in [0.1, 0.15) is 11.4 Å². The maximum Gasteiger partial charge on any atom is 0.273 e. The van der Waals surface area contributed by atoms with E-state index in [1.165, 1.54) is 0 Å². The van der Waals surface area contributed by atoms with Gasteiger partial charge in [-0.05, 0) is 67.8 Å². The minimum absolute atomic E-state index is 0.132. The van der Waals surface area contributed by atoms with Gasteiger partial charge in [-0.15, -0.1) is 0 Å². The lowest BCUT2D eigenvalue weighted by molar-refractivity contribution is 0.102. The van der Waals surface area contributed by atoms with Crippen LogP contribution in [0.4, 0.5) is 5.69 Å². The van der Waals surface area contributed by atoms with E-state index in [-0.39, 0.29) is 11.7 Å². The number of aromatic nitrogens is 2. The molecule has 0 saturated carbocycles. The fourth-order valence-electron chi connectivity index (χ4n) is 2.51. The standard InChI is InChI=1S/C19H18ClN3O2/c1-10-7-13(18(24)8-11(10)2)16-9-17(23-22-16)19(25)21-15-6-4-5-14(20)12(15)3/h4-9,24H,1-3H3,(H,21,25)(H,22,23). The van der Waals surface area contributed by atoms with Crippen molar-refractivity contribution in [1.29, 1.82) is 0 Å². The Morgan fingerprint density at radius 1 is 1.16 bits per heavy atom. The molecule has 3 aromatic rings. The Kier molecular flexibility index (Phi) is 4.51. The van der Waals surface area contributed by atoms with Crippen LogP contribution in [-0.4, -0.2) is 21.2 Å². The Morgan fingerprint density at radius 2 is 1.88 bits per heavy atom. The number of nitrogens with zero attached hydrogens (tertiary/aromatic N) is 1. The van der Waals surface area contributed by atoms with Gasteiger partial charge in [0.15, 0.2) is 0 Å². The van der Waals surface area contributed by atoms with Gasteiger partial charge < -0.3 is 10.4 Å². The quantitative estimate of drug-likeness (QED) is 0.641. The van der Waals surface area contributed by atoms with E-state index in [1.54, 1.807) is 30.3 Å². The molecule has 25 heavy (non-hydrogen) atoms. The predicted octanol–water partition coefficient (Wildman–Crippen LogP) is 4.61. The highest BCUT2D eigenvalue weighted by Crippen LogP contribution is 2.31. The molecule has 0 fully saturated rings. The third kappa shape index (κ3) is 3.37. The fourth-order valence-corrected chi connectivity index (χ4v) is 2.69. The van der Waals surface area contributed by atoms with E-state index < -0.39 is 0 Å². The molecular weight excluding hydrogens is 338 g/mol. The van der Waals surface area contributed by atoms with Crippen LogP contribution in [0.2, 0.25) is 5.02 Å². The normalized spacial score (nSPS) is 10.7. The summed E-state index contributed by atoms with van der Waals surface area (Å²) < 4.78 is 0. The van der Waals surface area contributed by atoms with E-state index >= 15 is 0 Å². The molecule has 0 aliphatic rings. The zero-order valence-corrected chi connectivity index (χ0v) is 14.9. The van der Waals surface area contributed by atoms with Crippen molar-refractivity contribution >= 4 is 23.2 Å². The minimum Gasteiger partial charge on any atom is -0.507 e. The second-order valence-electron chi connectivity index (χ2n) is 5.99. The van der Waals surface area contributed by atoms with Gasteiger partial charge in [0, 0.05) is 16.3 Å². The lowest BCUT2D eigenvalue weighted by Crippen LogP contribution is -2.13. The van der Waals surface area contributed by atoms with Crippen molar-refractivity contribution in [1.82, 2.24) is 10.2 Å². The second-order valence-corrected chi connectivity index (χ2v) is 6.39. The Hall–Kier alpha value is -2.79. The molecule has 6 heteroatoms. The zero-order valence-electron chi connectivity index (χ0n) is 14.1. The molecular formula is C19H18ClN3O2. The molecule has 0 bridgehead atoms. The molecule has 0 atom stereocenters. The summed E-state index contributed by atoms with van der Waals surface area (Å²) in [4.78, 5) is 12.4. The van der Waals surface area contributed by atoms with Crippen molar-refractivity contribution in [3.63, 3.8) is 0 Å². The molecule has 0 aliphatic heterocycles. The van der Waals surface area contributed by atoms with Crippen LogP contribution < -0.4 is 5.32 Å². The summed E-state index contributed by atoms with van der Waals surface area (Å²) in [6, 6.07) is 10.5. The summed E-state index contributed by atoms with van der Waals surface area (Å²) in [5, 5.41) is 20.4. The van der Waals surface area contributed by atoms with E-state index in [0.29, 0.717) is 27.7 Å². The number of benzene rings is 2. The van der Waals surface area contributed by atoms with Crippen molar-refractivity contribution in [3.05, 3.63) is 63.8 Å². The van der Waals surface area contributed by atoms with Crippen LogP contribution in [0.15, 0.2) is 36.4 Å². The van der Waals surface area contributed by atoms with Gasteiger partial charge in [-0.25, -0.2) is 0 Å². The predicted molar refractivity (Wildman–Crippen MR) is 99.3 cm³/mol. The van der Waals surface area contributed by atoms with Gasteiger partial charge in [-0.2, -0.15) is 5.10 Å². The molecule has 1 amide bonds. The molecule has 0 saturated heterocycles. The van der Waals surface area contributed by atoms with Crippen LogP contribution in [0.5, 0.6) is 5.75 Å². The van der Waals surface area contributed by atoms with Gasteiger partial charge in [0.05, 0.1) is 5.69 Å². The Bertz CT molecular complexity index is 963. The average Bonchev–Trinajstić information content (AvgIpc) is 3.05. The first kappa shape index (κ1) is 17.0. The largest absolute Gasteiger partial charge is 0.507 e. The van der Waals surface area contributed by atoms with Crippen molar-refractivity contribution in [2.45, 2.75) is 20.8 Å². The summed E-state index contributed by atoms with van der Waals surface area (Å²) in [7, 11) is 0. The van der Waals surface area contributed by atoms with Crippen LogP contribution in [0, 0.1) is 20.8 Å². The van der Waals surface area contributed by atoms with E-state index in [2.05, 4.69) is 15.5 Å². The first-order valence-corrected chi connectivity index (χ1v) is 8.17. The second kappa shape index (κ2) is 6.61. The molecule has 1 aromatic heterocycles. The van der Waals surface area contributed by atoms with Crippen LogP contribution in [0.1, 0.15) is 27.2 Å². The van der Waals surface area contributed by atoms with E-state index in [9.17, 15) is 9.90 Å². The van der Waals surface area contributed by atoms with Gasteiger partial charge >= 0.3 is 0 Å². The number of phenolic OH excluding ortho intramolecular Hbond substituents is 1. The summed E-state index contributed by atoms with van der Waals surface area (Å²) in [5.41, 5.74) is 4.85. The molecule has 5 nitrogen and oxygen atoms in total. The summed E-state index contributed by atoms with van der Waals surface area (Å²) in [6.45, 7) is 5.72. The molecule has 0 aliphatic carbocycles. The number of phenols is 1. The topological polar surface area (TPSA) is 78.0 Å². The Balaban J connectivity index is 1.87. The number of carbonyl (C=O) groups excluding carboxylic acids is 1. The number of nitrogens with one attached hydrogen (secondary N) is 2. The molecule has 1 heterocycles. The van der Waals surface area contributed by atoms with E-state index in [0.717, 1.165) is 16.7 Å². The number of carbonyl (C=O) groups is 1. The highest BCUT2D eigenvalue weighted by atomic mass is 35.5. The summed E-state index contributed by atoms with van der Waals surface area (Å²) in [6.07, 6.45) is 0. The van der Waals surface area contributed by atoms with Gasteiger partial charge in [-0.1, -0.05) is 17.7 Å². The summed E-state index contributed by atoms with van der Waals surface area (Å²) >= 11 is 6.07. The smallest absolute Gasteiger partial charge is 0.273 e. The molecule has 128 valence electrons. The molecule has 0 spiro atoms. The summed E-state index contributed by atoms with van der Waals surface area (Å²) in [5.74, 6) is -0.195. The number of anilines is 1. The van der Waals surface area contributed by atoms with Crippen molar-refractivity contribution in [2.24, 2.45) is 0 Å². The Labute approximate surface area is 150 Å². The van der Waals surface area contributed by atoms with Crippen LogP contribution >= 0.6 is 11.6 Å². The monoisotopic (exact) mass is 355 g/mol. The number of halogens is 1. The molecule has 3 N–H and O–H groups in total. The van der Waals surface area contributed by atoms with Gasteiger partial charge in [0.25, 0.3) is 5.91 Å². The molecule has 0 radical (unpaired) electrons. The first-order chi connectivity index (χ1) is 11.9. The van der Waals surface area contributed by atoms with Crippen molar-refractivity contribution in [2.75, 3.05) is 5.32 Å². The average molecular weight is 356 g/mol. The number of hydrogen-bond donors (Lipinski definition) is 3. The van der Waals surface area contributed by atoms with Crippen molar-refractivity contribution < 1.29 is 9.90 Å². The highest BCUT2D eigenvalue weighted by molar-refractivity contribution is 6.31. The molecule has 2 aromatic carbocycles. The van der Waals surface area contributed by atoms with Crippen LogP contribution in [0.25, 0.3) is 11.3 Å². The zero-order chi connectivity index (χ0) is 18.1. The lowest BCUT2D eigenvalue weighted by atomic mass is 10.0. The first-order valence-electron chi connectivity index (χ1n) is 7.79. The van der Waals surface area contributed by atoms with Crippen molar-refractivity contribution in [3.8, 4) is 17.0 Å². The lowest BCUT2D eigenvalue weighted by Gasteiger charge is -2.08. The number of amides is 1. The number of H-pyrrole nitrogens is 1. The Morgan fingerprint density at radius 3 is 2.64 bits per heavy atom. The van der Waals surface area contributed by atoms with E-state index in [1.807, 2.05) is 26.8 Å². The van der Waals surface area contributed by atoms with Gasteiger partial charge in [-0.3, -0.25) is 9.89 Å². The number of rotatable bonds is 3. The number of aromatic hydroxyl groups is 1. The van der Waals surface area contributed by atoms with Crippen LogP contribution in [-0.2, 0) is 0 Å². The number of aromatic amines is 1. The SMILES string of the molecule is Cc1cc(O)c(-c2cc(C(=O)Nc3cccc(Cl)c3C)[nH]n2)cc1C. The van der Waals surface area contributed by atoms with Crippen LogP contribution in [0.3, 0.4) is 0 Å². The highest BCUT2D eigenvalue weighted by Gasteiger charge is 2.15. The molecule has 0 unspecified atom stereocenters. The maximum absolute atomic E-state index is 12.4. The molecule has 3 rings (SSSR count).